The highest BCUT2D eigenvalue weighted by molar-refractivity contribution is 5.74. The van der Waals surface area contributed by atoms with Crippen LogP contribution in [-0.2, 0) is 30.2 Å². The maximum absolute atomic E-state index is 12.1. The fourth-order valence-corrected chi connectivity index (χ4v) is 3.93. The maximum atomic E-state index is 12.1. The number of aliphatic hydroxyl groups is 1. The predicted octanol–water partition coefficient (Wildman–Crippen LogP) is 1.08. The summed E-state index contributed by atoms with van der Waals surface area (Å²) in [7, 11) is 0. The summed E-state index contributed by atoms with van der Waals surface area (Å²) in [5, 5.41) is 17.0. The summed E-state index contributed by atoms with van der Waals surface area (Å²) in [6.45, 7) is 6.55. The van der Waals surface area contributed by atoms with E-state index in [-0.39, 0.29) is 57.4 Å². The molecule has 2 N–H and O–H groups in total. The van der Waals surface area contributed by atoms with Gasteiger partial charge in [-0.1, -0.05) is 12.1 Å². The summed E-state index contributed by atoms with van der Waals surface area (Å²) in [6.07, 6.45) is -0.470. The SMILES string of the molecule is CC1(C)OC[C@@H](COC(=O)CCc2ccc(OC[C@@H](O)CN(CCNC(=O)N3CCOCC3)N=O)cc2)O1. The van der Waals surface area contributed by atoms with Gasteiger partial charge in [-0.25, -0.2) is 4.79 Å². The lowest BCUT2D eigenvalue weighted by atomic mass is 10.1. The molecule has 2 saturated heterocycles. The van der Waals surface area contributed by atoms with Crippen LogP contribution in [0.5, 0.6) is 5.75 Å². The standard InChI is InChI=1S/C25H38N4O9/c1-25(2)37-18-22(38-25)17-36-23(31)8-5-19-3-6-21(7-4-19)35-16-20(30)15-29(27-33)10-9-26-24(32)28-11-13-34-14-12-28/h3-4,6-7,20,22,30H,5,8-18H2,1-2H3,(H,26,32)/t20-,22+/m0/s1. The van der Waals surface area contributed by atoms with Crippen LogP contribution in [0.1, 0.15) is 25.8 Å². The quantitative estimate of drug-likeness (QED) is 0.200. The first-order valence-corrected chi connectivity index (χ1v) is 12.8. The molecule has 0 aliphatic carbocycles. The van der Waals surface area contributed by atoms with E-state index in [9.17, 15) is 19.6 Å². The summed E-state index contributed by atoms with van der Waals surface area (Å²) < 4.78 is 27.2. The first-order valence-electron chi connectivity index (χ1n) is 12.8. The number of aryl methyl sites for hydroxylation is 1. The summed E-state index contributed by atoms with van der Waals surface area (Å²) in [5.41, 5.74) is 0.937. The van der Waals surface area contributed by atoms with Crippen molar-refractivity contribution in [1.82, 2.24) is 15.2 Å². The highest BCUT2D eigenvalue weighted by atomic mass is 16.7. The number of morpholine rings is 1. The van der Waals surface area contributed by atoms with Crippen molar-refractivity contribution in [3.8, 4) is 5.75 Å². The monoisotopic (exact) mass is 538 g/mol. The van der Waals surface area contributed by atoms with Crippen molar-refractivity contribution in [1.29, 1.82) is 0 Å². The number of nitroso groups, excluding NO2 is 1. The minimum Gasteiger partial charge on any atom is -0.491 e. The first-order chi connectivity index (χ1) is 18.2. The van der Waals surface area contributed by atoms with E-state index in [4.69, 9.17) is 23.7 Å². The van der Waals surface area contributed by atoms with Gasteiger partial charge in [-0.05, 0) is 38.0 Å². The number of esters is 1. The lowest BCUT2D eigenvalue weighted by molar-refractivity contribution is -0.158. The lowest BCUT2D eigenvalue weighted by Gasteiger charge is -2.27. The molecule has 38 heavy (non-hydrogen) atoms. The molecule has 0 bridgehead atoms. The third-order valence-electron chi connectivity index (χ3n) is 5.96. The number of nitrogens with one attached hydrogen (secondary N) is 1. The van der Waals surface area contributed by atoms with Gasteiger partial charge in [0.25, 0.3) is 0 Å². The molecule has 2 aliphatic heterocycles. The van der Waals surface area contributed by atoms with Gasteiger partial charge < -0.3 is 39.0 Å². The smallest absolute Gasteiger partial charge is 0.317 e. The van der Waals surface area contributed by atoms with Crippen molar-refractivity contribution in [2.75, 3.05) is 65.8 Å². The number of benzene rings is 1. The molecule has 2 amide bonds. The van der Waals surface area contributed by atoms with Crippen molar-refractivity contribution >= 4 is 12.0 Å². The van der Waals surface area contributed by atoms with E-state index in [1.54, 1.807) is 17.0 Å². The number of aliphatic hydroxyl groups excluding tert-OH is 1. The van der Waals surface area contributed by atoms with Crippen LogP contribution >= 0.6 is 0 Å². The number of hydrogen-bond donors (Lipinski definition) is 2. The van der Waals surface area contributed by atoms with Gasteiger partial charge in [-0.15, -0.1) is 4.91 Å². The molecule has 13 heteroatoms. The molecule has 1 aromatic carbocycles. The Morgan fingerprint density at radius 2 is 2.00 bits per heavy atom. The van der Waals surface area contributed by atoms with E-state index in [0.29, 0.717) is 45.1 Å². The molecule has 3 rings (SSSR count). The second kappa shape index (κ2) is 14.8. The van der Waals surface area contributed by atoms with Crippen molar-refractivity contribution < 1.29 is 38.4 Å². The average Bonchev–Trinajstić information content (AvgIpc) is 3.28. The molecule has 2 atom stereocenters. The van der Waals surface area contributed by atoms with Crippen LogP contribution in [0, 0.1) is 4.91 Å². The number of carbonyl (C=O) groups excluding carboxylic acids is 2. The van der Waals surface area contributed by atoms with Crippen molar-refractivity contribution in [2.45, 2.75) is 44.7 Å². The van der Waals surface area contributed by atoms with Gasteiger partial charge in [-0.3, -0.25) is 9.80 Å². The van der Waals surface area contributed by atoms with Gasteiger partial charge in [0.1, 0.15) is 31.2 Å². The van der Waals surface area contributed by atoms with Crippen LogP contribution in [0.3, 0.4) is 0 Å². The molecule has 0 unspecified atom stereocenters. The Hall–Kier alpha value is -3.00. The second-order valence-electron chi connectivity index (χ2n) is 9.57. The summed E-state index contributed by atoms with van der Waals surface area (Å²) in [5.74, 6) is -0.417. The number of urea groups is 1. The Labute approximate surface area is 222 Å². The zero-order chi connectivity index (χ0) is 27.4. The molecule has 13 nitrogen and oxygen atoms in total. The van der Waals surface area contributed by atoms with Gasteiger partial charge in [0.15, 0.2) is 5.79 Å². The van der Waals surface area contributed by atoms with E-state index in [2.05, 4.69) is 10.6 Å². The van der Waals surface area contributed by atoms with Gasteiger partial charge in [0.2, 0.25) is 0 Å². The van der Waals surface area contributed by atoms with E-state index < -0.39 is 11.9 Å². The zero-order valence-corrected chi connectivity index (χ0v) is 22.0. The van der Waals surface area contributed by atoms with Gasteiger partial charge in [0, 0.05) is 26.1 Å². The van der Waals surface area contributed by atoms with E-state index >= 15 is 0 Å². The van der Waals surface area contributed by atoms with Crippen molar-refractivity contribution in [2.24, 2.45) is 5.29 Å². The largest absolute Gasteiger partial charge is 0.491 e. The highest BCUT2D eigenvalue weighted by Gasteiger charge is 2.33. The summed E-state index contributed by atoms with van der Waals surface area (Å²) in [4.78, 5) is 36.9. The summed E-state index contributed by atoms with van der Waals surface area (Å²) in [6, 6.07) is 6.94. The van der Waals surface area contributed by atoms with Crippen molar-refractivity contribution in [3.05, 3.63) is 34.7 Å². The minimum atomic E-state index is -0.961. The first kappa shape index (κ1) is 29.6. The molecule has 0 aromatic heterocycles. The second-order valence-corrected chi connectivity index (χ2v) is 9.57. The number of ether oxygens (including phenoxy) is 5. The molecule has 2 aliphatic rings. The molecule has 1 aromatic rings. The average molecular weight is 539 g/mol. The molecular weight excluding hydrogens is 500 g/mol. The zero-order valence-electron chi connectivity index (χ0n) is 22.0. The number of hydrogen-bond acceptors (Lipinski definition) is 10. The molecule has 0 saturated carbocycles. The normalized spacial score (nSPS) is 19.4. The van der Waals surface area contributed by atoms with Gasteiger partial charge in [-0.2, -0.15) is 0 Å². The Kier molecular flexibility index (Phi) is 11.5. The Morgan fingerprint density at radius 3 is 2.66 bits per heavy atom. The minimum absolute atomic E-state index is 0.0351. The highest BCUT2D eigenvalue weighted by Crippen LogP contribution is 2.22. The van der Waals surface area contributed by atoms with Crippen LogP contribution in [-0.4, -0.2) is 111 Å². The fraction of sp³-hybridized carbons (Fsp3) is 0.680. The van der Waals surface area contributed by atoms with E-state index in [1.807, 2.05) is 26.0 Å². The van der Waals surface area contributed by atoms with Crippen LogP contribution in [0.2, 0.25) is 0 Å². The van der Waals surface area contributed by atoms with Gasteiger partial charge in [0.05, 0.1) is 38.2 Å². The Bertz CT molecular complexity index is 893. The third-order valence-corrected chi connectivity index (χ3v) is 5.96. The van der Waals surface area contributed by atoms with E-state index in [1.165, 1.54) is 0 Å². The molecule has 212 valence electrons. The van der Waals surface area contributed by atoms with Crippen LogP contribution in [0.4, 0.5) is 4.79 Å². The summed E-state index contributed by atoms with van der Waals surface area (Å²) >= 11 is 0. The predicted molar refractivity (Wildman–Crippen MR) is 135 cm³/mol. The lowest BCUT2D eigenvalue weighted by Crippen LogP contribution is -2.47. The molecule has 0 radical (unpaired) electrons. The van der Waals surface area contributed by atoms with Crippen molar-refractivity contribution in [3.63, 3.8) is 0 Å². The molecule has 2 fully saturated rings. The molecule has 0 spiro atoms. The van der Waals surface area contributed by atoms with Gasteiger partial charge >= 0.3 is 12.0 Å². The molecule has 2 heterocycles. The third kappa shape index (κ3) is 10.4. The fourth-order valence-electron chi connectivity index (χ4n) is 3.93. The Balaban J connectivity index is 1.28. The van der Waals surface area contributed by atoms with E-state index in [0.717, 1.165) is 10.6 Å². The Morgan fingerprint density at radius 1 is 1.26 bits per heavy atom. The number of carbonyl (C=O) groups is 2. The number of nitrogens with zero attached hydrogens (tertiary/aromatic N) is 3. The van der Waals surface area contributed by atoms with Crippen LogP contribution in [0.15, 0.2) is 29.6 Å². The van der Waals surface area contributed by atoms with Crippen LogP contribution < -0.4 is 10.1 Å². The molecular formula is C25H38N4O9. The topological polar surface area (TPSA) is 148 Å². The number of rotatable bonds is 14. The number of amides is 2. The van der Waals surface area contributed by atoms with Crippen LogP contribution in [0.25, 0.3) is 0 Å². The maximum Gasteiger partial charge on any atom is 0.317 e.